The second kappa shape index (κ2) is 8.66. The average molecular weight is 237 g/mol. The zero-order chi connectivity index (χ0) is 11.6. The van der Waals surface area contributed by atoms with E-state index in [1.54, 1.807) is 0 Å². The molecule has 0 aromatic heterocycles. The number of hydrogen-bond acceptors (Lipinski definition) is 2. The summed E-state index contributed by atoms with van der Waals surface area (Å²) in [5.74, 6) is 2.51. The lowest BCUT2D eigenvalue weighted by Gasteiger charge is -2.05. The maximum atomic E-state index is 3.48. The molecule has 0 saturated carbocycles. The number of aryl methyl sites for hydroxylation is 1. The summed E-state index contributed by atoms with van der Waals surface area (Å²) in [6, 6.07) is 8.91. The molecule has 16 heavy (non-hydrogen) atoms. The van der Waals surface area contributed by atoms with Gasteiger partial charge in [-0.2, -0.15) is 11.8 Å². The summed E-state index contributed by atoms with van der Waals surface area (Å²) in [5.41, 5.74) is 2.81. The third-order valence-corrected chi connectivity index (χ3v) is 3.59. The molecule has 1 N–H and O–H groups in total. The van der Waals surface area contributed by atoms with E-state index in [1.807, 2.05) is 11.8 Å². The van der Waals surface area contributed by atoms with E-state index in [4.69, 9.17) is 0 Å². The fraction of sp³-hybridized carbons (Fsp3) is 0.571. The lowest BCUT2D eigenvalue weighted by molar-refractivity contribution is 0.678. The normalized spacial score (nSPS) is 10.6. The van der Waals surface area contributed by atoms with Gasteiger partial charge in [0.1, 0.15) is 0 Å². The largest absolute Gasteiger partial charge is 0.313 e. The summed E-state index contributed by atoms with van der Waals surface area (Å²) in [5, 5.41) is 3.48. The second-order valence-corrected chi connectivity index (χ2v) is 5.29. The van der Waals surface area contributed by atoms with E-state index in [2.05, 4.69) is 43.4 Å². The topological polar surface area (TPSA) is 12.0 Å². The number of hydrogen-bond donors (Lipinski definition) is 1. The van der Waals surface area contributed by atoms with Gasteiger partial charge in [0.05, 0.1) is 0 Å². The predicted octanol–water partition coefficient (Wildman–Crippen LogP) is 3.48. The van der Waals surface area contributed by atoms with E-state index >= 15 is 0 Å². The second-order valence-electron chi connectivity index (χ2n) is 3.90. The summed E-state index contributed by atoms with van der Waals surface area (Å²) in [4.78, 5) is 0. The molecule has 0 aliphatic heterocycles. The molecule has 0 heterocycles. The van der Waals surface area contributed by atoms with Crippen molar-refractivity contribution in [2.24, 2.45) is 0 Å². The first-order valence-electron chi connectivity index (χ1n) is 6.23. The zero-order valence-corrected chi connectivity index (χ0v) is 11.3. The van der Waals surface area contributed by atoms with Gasteiger partial charge in [-0.25, -0.2) is 0 Å². The first kappa shape index (κ1) is 13.6. The summed E-state index contributed by atoms with van der Waals surface area (Å²) in [6.07, 6.45) is 2.40. The highest BCUT2D eigenvalue weighted by atomic mass is 32.2. The Labute approximate surface area is 104 Å². The third kappa shape index (κ3) is 5.57. The van der Waals surface area contributed by atoms with Crippen molar-refractivity contribution in [3.8, 4) is 0 Å². The van der Waals surface area contributed by atoms with Crippen molar-refractivity contribution >= 4 is 11.8 Å². The Morgan fingerprint density at radius 3 is 2.38 bits per heavy atom. The monoisotopic (exact) mass is 237 g/mol. The van der Waals surface area contributed by atoms with Gasteiger partial charge in [-0.1, -0.05) is 38.1 Å². The maximum Gasteiger partial charge on any atom is 0.0205 e. The molecule has 0 aliphatic carbocycles. The van der Waals surface area contributed by atoms with E-state index in [-0.39, 0.29) is 0 Å². The van der Waals surface area contributed by atoms with Crippen molar-refractivity contribution in [1.29, 1.82) is 0 Å². The molecule has 0 aliphatic rings. The fourth-order valence-electron chi connectivity index (χ4n) is 1.57. The van der Waals surface area contributed by atoms with Gasteiger partial charge < -0.3 is 5.32 Å². The minimum atomic E-state index is 1.00. The van der Waals surface area contributed by atoms with Gasteiger partial charge in [-0.05, 0) is 42.0 Å². The van der Waals surface area contributed by atoms with Crippen molar-refractivity contribution in [1.82, 2.24) is 5.32 Å². The van der Waals surface area contributed by atoms with E-state index in [1.165, 1.54) is 29.1 Å². The van der Waals surface area contributed by atoms with Crippen LogP contribution in [0.3, 0.4) is 0 Å². The minimum absolute atomic E-state index is 1.00. The first-order chi connectivity index (χ1) is 7.86. The van der Waals surface area contributed by atoms with Crippen molar-refractivity contribution < 1.29 is 0 Å². The lowest BCUT2D eigenvalue weighted by atomic mass is 10.1. The van der Waals surface area contributed by atoms with Gasteiger partial charge >= 0.3 is 0 Å². The fourth-order valence-corrected chi connectivity index (χ4v) is 2.21. The lowest BCUT2D eigenvalue weighted by Crippen LogP contribution is -2.15. The number of benzene rings is 1. The molecule has 1 aromatic rings. The Bertz CT molecular complexity index is 269. The smallest absolute Gasteiger partial charge is 0.0205 e. The van der Waals surface area contributed by atoms with Crippen molar-refractivity contribution in [3.05, 3.63) is 35.4 Å². The molecular formula is C14H23NS. The molecule has 1 nitrogen and oxygen atoms in total. The van der Waals surface area contributed by atoms with Crippen LogP contribution in [-0.2, 0) is 13.0 Å². The van der Waals surface area contributed by atoms with Gasteiger partial charge in [0, 0.05) is 6.54 Å². The van der Waals surface area contributed by atoms with Gasteiger partial charge in [0.15, 0.2) is 0 Å². The van der Waals surface area contributed by atoms with Crippen molar-refractivity contribution in [3.63, 3.8) is 0 Å². The van der Waals surface area contributed by atoms with E-state index in [0.29, 0.717) is 0 Å². The van der Waals surface area contributed by atoms with Crippen LogP contribution in [0, 0.1) is 0 Å². The summed E-state index contributed by atoms with van der Waals surface area (Å²) in [6.45, 7) is 6.54. The van der Waals surface area contributed by atoms with Crippen LogP contribution < -0.4 is 5.32 Å². The van der Waals surface area contributed by atoms with Crippen LogP contribution in [0.1, 0.15) is 31.4 Å². The maximum absolute atomic E-state index is 3.48. The Balaban J connectivity index is 2.12. The Morgan fingerprint density at radius 1 is 1.06 bits per heavy atom. The molecule has 1 rings (SSSR count). The molecule has 0 saturated heterocycles. The summed E-state index contributed by atoms with van der Waals surface area (Å²) < 4.78 is 0. The molecule has 0 bridgehead atoms. The van der Waals surface area contributed by atoms with Gasteiger partial charge in [-0.15, -0.1) is 0 Å². The Kier molecular flexibility index (Phi) is 7.35. The standard InChI is InChI=1S/C14H23NS/c1-3-13-6-8-14(9-7-13)12-15-10-5-11-16-4-2/h6-9,15H,3-5,10-12H2,1-2H3. The summed E-state index contributed by atoms with van der Waals surface area (Å²) in [7, 11) is 0. The quantitative estimate of drug-likeness (QED) is 0.695. The van der Waals surface area contributed by atoms with Crippen molar-refractivity contribution in [2.45, 2.75) is 33.2 Å². The minimum Gasteiger partial charge on any atom is -0.313 e. The van der Waals surface area contributed by atoms with Crippen LogP contribution in [0.25, 0.3) is 0 Å². The number of thioether (sulfide) groups is 1. The molecule has 0 unspecified atom stereocenters. The van der Waals surface area contributed by atoms with E-state index in [0.717, 1.165) is 19.5 Å². The molecule has 2 heteroatoms. The van der Waals surface area contributed by atoms with E-state index < -0.39 is 0 Å². The van der Waals surface area contributed by atoms with Crippen molar-refractivity contribution in [2.75, 3.05) is 18.1 Å². The van der Waals surface area contributed by atoms with Crippen LogP contribution >= 0.6 is 11.8 Å². The molecule has 0 amide bonds. The molecule has 90 valence electrons. The molecule has 0 fully saturated rings. The number of rotatable bonds is 8. The van der Waals surface area contributed by atoms with Crippen LogP contribution in [0.5, 0.6) is 0 Å². The van der Waals surface area contributed by atoms with E-state index in [9.17, 15) is 0 Å². The van der Waals surface area contributed by atoms with Gasteiger partial charge in [0.2, 0.25) is 0 Å². The Morgan fingerprint density at radius 2 is 1.75 bits per heavy atom. The van der Waals surface area contributed by atoms with Crippen LogP contribution in [0.2, 0.25) is 0 Å². The predicted molar refractivity (Wildman–Crippen MR) is 75.1 cm³/mol. The molecular weight excluding hydrogens is 214 g/mol. The van der Waals surface area contributed by atoms with Gasteiger partial charge in [-0.3, -0.25) is 0 Å². The molecule has 0 atom stereocenters. The first-order valence-corrected chi connectivity index (χ1v) is 7.38. The molecule has 0 radical (unpaired) electrons. The summed E-state index contributed by atoms with van der Waals surface area (Å²) >= 11 is 2.02. The highest BCUT2D eigenvalue weighted by Crippen LogP contribution is 2.05. The van der Waals surface area contributed by atoms with Crippen LogP contribution in [-0.4, -0.2) is 18.1 Å². The zero-order valence-electron chi connectivity index (χ0n) is 10.5. The van der Waals surface area contributed by atoms with Gasteiger partial charge in [0.25, 0.3) is 0 Å². The van der Waals surface area contributed by atoms with Crippen LogP contribution in [0.4, 0.5) is 0 Å². The van der Waals surface area contributed by atoms with Crippen LogP contribution in [0.15, 0.2) is 24.3 Å². The molecule has 0 spiro atoms. The highest BCUT2D eigenvalue weighted by molar-refractivity contribution is 7.99. The Hall–Kier alpha value is -0.470. The molecule has 1 aromatic carbocycles. The number of nitrogens with one attached hydrogen (secondary N) is 1. The SMILES string of the molecule is CCSCCCNCc1ccc(CC)cc1. The highest BCUT2D eigenvalue weighted by Gasteiger charge is 1.93. The average Bonchev–Trinajstić information content (AvgIpc) is 2.34. The third-order valence-electron chi connectivity index (χ3n) is 2.61.